The van der Waals surface area contributed by atoms with Crippen LogP contribution < -0.4 is 10.6 Å². The van der Waals surface area contributed by atoms with Gasteiger partial charge in [-0.15, -0.1) is 0 Å². The molecule has 0 bridgehead atoms. The summed E-state index contributed by atoms with van der Waals surface area (Å²) in [5, 5.41) is 15.1. The Balaban J connectivity index is 2.62. The number of hydrogen-bond donors (Lipinski definition) is 3. The molecule has 0 saturated carbocycles. The molecule has 0 spiro atoms. The predicted octanol–water partition coefficient (Wildman–Crippen LogP) is 0.208. The van der Waals surface area contributed by atoms with Gasteiger partial charge in [0, 0.05) is 6.04 Å². The molecule has 1 aliphatic heterocycles. The molecule has 13 heavy (non-hydrogen) atoms. The fourth-order valence-electron chi connectivity index (χ4n) is 1.10. The molecule has 0 aliphatic carbocycles. The summed E-state index contributed by atoms with van der Waals surface area (Å²) in [4.78, 5) is 4.20. The molecule has 0 amide bonds. The highest BCUT2D eigenvalue weighted by atomic mass is 16.3. The van der Waals surface area contributed by atoms with Crippen molar-refractivity contribution in [1.29, 1.82) is 0 Å². The molecule has 4 heteroatoms. The van der Waals surface area contributed by atoms with Gasteiger partial charge in [0.1, 0.15) is 5.82 Å². The number of aliphatic hydroxyl groups excluding tert-OH is 1. The van der Waals surface area contributed by atoms with E-state index in [1.165, 1.54) is 5.57 Å². The van der Waals surface area contributed by atoms with Crippen LogP contribution in [0, 0.1) is 0 Å². The smallest absolute Gasteiger partial charge is 0.105 e. The Morgan fingerprint density at radius 3 is 3.08 bits per heavy atom. The van der Waals surface area contributed by atoms with Gasteiger partial charge in [-0.25, -0.2) is 0 Å². The fourth-order valence-corrected chi connectivity index (χ4v) is 1.10. The fraction of sp³-hybridized carbons (Fsp3) is 0.667. The summed E-state index contributed by atoms with van der Waals surface area (Å²) in [7, 11) is 0. The molecule has 2 atom stereocenters. The number of rotatable bonds is 3. The first kappa shape index (κ1) is 10.1. The van der Waals surface area contributed by atoms with E-state index in [-0.39, 0.29) is 18.7 Å². The SMILES string of the molecule is CC1=C(N[C@H](C)CO)NC=NC1C. The molecule has 4 nitrogen and oxygen atoms in total. The molecule has 0 aromatic rings. The number of aliphatic hydroxyl groups is 1. The summed E-state index contributed by atoms with van der Waals surface area (Å²) in [5.74, 6) is 0.962. The van der Waals surface area contributed by atoms with Crippen LogP contribution in [0.4, 0.5) is 0 Å². The maximum Gasteiger partial charge on any atom is 0.105 e. The molecular weight excluding hydrogens is 166 g/mol. The van der Waals surface area contributed by atoms with Crippen LogP contribution in [0.15, 0.2) is 16.4 Å². The Bertz CT molecular complexity index is 235. The van der Waals surface area contributed by atoms with E-state index in [0.717, 1.165) is 5.82 Å². The van der Waals surface area contributed by atoms with Crippen LogP contribution >= 0.6 is 0 Å². The van der Waals surface area contributed by atoms with E-state index in [0.29, 0.717) is 0 Å². The van der Waals surface area contributed by atoms with Crippen LogP contribution in [0.25, 0.3) is 0 Å². The van der Waals surface area contributed by atoms with E-state index < -0.39 is 0 Å². The normalized spacial score (nSPS) is 24.2. The van der Waals surface area contributed by atoms with Crippen molar-refractivity contribution in [3.63, 3.8) is 0 Å². The highest BCUT2D eigenvalue weighted by Gasteiger charge is 2.13. The van der Waals surface area contributed by atoms with E-state index in [2.05, 4.69) is 15.6 Å². The monoisotopic (exact) mass is 183 g/mol. The molecule has 0 aromatic carbocycles. The van der Waals surface area contributed by atoms with E-state index in [9.17, 15) is 0 Å². The molecule has 3 N–H and O–H groups in total. The minimum atomic E-state index is 0.0659. The molecule has 0 fully saturated rings. The van der Waals surface area contributed by atoms with Crippen LogP contribution in [0.5, 0.6) is 0 Å². The second-order valence-corrected chi connectivity index (χ2v) is 3.38. The van der Waals surface area contributed by atoms with E-state index >= 15 is 0 Å². The lowest BCUT2D eigenvalue weighted by Gasteiger charge is -2.23. The number of hydrogen-bond acceptors (Lipinski definition) is 4. The average Bonchev–Trinajstić information content (AvgIpc) is 2.13. The lowest BCUT2D eigenvalue weighted by atomic mass is 10.1. The van der Waals surface area contributed by atoms with Crippen molar-refractivity contribution in [3.05, 3.63) is 11.4 Å². The van der Waals surface area contributed by atoms with Gasteiger partial charge in [-0.1, -0.05) is 0 Å². The van der Waals surface area contributed by atoms with E-state index in [1.54, 1.807) is 6.34 Å². The summed E-state index contributed by atoms with van der Waals surface area (Å²) in [5.41, 5.74) is 1.17. The molecule has 0 saturated heterocycles. The van der Waals surface area contributed by atoms with Crippen molar-refractivity contribution in [2.45, 2.75) is 32.9 Å². The number of aliphatic imine (C=N–C) groups is 1. The van der Waals surface area contributed by atoms with Crippen molar-refractivity contribution in [2.75, 3.05) is 6.61 Å². The number of nitrogens with zero attached hydrogens (tertiary/aromatic N) is 1. The van der Waals surface area contributed by atoms with Crippen molar-refractivity contribution in [1.82, 2.24) is 10.6 Å². The minimum absolute atomic E-state index is 0.0659. The third-order valence-corrected chi connectivity index (χ3v) is 2.19. The Kier molecular flexibility index (Phi) is 3.31. The van der Waals surface area contributed by atoms with Gasteiger partial charge >= 0.3 is 0 Å². The summed E-state index contributed by atoms with van der Waals surface area (Å²) < 4.78 is 0. The van der Waals surface area contributed by atoms with Gasteiger partial charge in [0.25, 0.3) is 0 Å². The van der Waals surface area contributed by atoms with Crippen LogP contribution in [-0.2, 0) is 0 Å². The predicted molar refractivity (Wildman–Crippen MR) is 53.5 cm³/mol. The van der Waals surface area contributed by atoms with Crippen LogP contribution in [0.2, 0.25) is 0 Å². The first-order chi connectivity index (χ1) is 6.15. The molecule has 1 unspecified atom stereocenters. The summed E-state index contributed by atoms with van der Waals surface area (Å²) in [6, 6.07) is 0.283. The van der Waals surface area contributed by atoms with Gasteiger partial charge in [0.05, 0.1) is 19.0 Å². The zero-order valence-electron chi connectivity index (χ0n) is 8.33. The molecule has 0 aromatic heterocycles. The van der Waals surface area contributed by atoms with Gasteiger partial charge in [-0.05, 0) is 26.3 Å². The second-order valence-electron chi connectivity index (χ2n) is 3.38. The van der Waals surface area contributed by atoms with Crippen molar-refractivity contribution < 1.29 is 5.11 Å². The van der Waals surface area contributed by atoms with Crippen molar-refractivity contribution in [3.8, 4) is 0 Å². The average molecular weight is 183 g/mol. The maximum atomic E-state index is 8.87. The summed E-state index contributed by atoms with van der Waals surface area (Å²) in [6.45, 7) is 6.13. The van der Waals surface area contributed by atoms with Crippen molar-refractivity contribution in [2.24, 2.45) is 4.99 Å². The largest absolute Gasteiger partial charge is 0.394 e. The third kappa shape index (κ3) is 2.45. The maximum absolute atomic E-state index is 8.87. The Hall–Kier alpha value is -1.03. The van der Waals surface area contributed by atoms with Crippen LogP contribution in [0.1, 0.15) is 20.8 Å². The first-order valence-electron chi connectivity index (χ1n) is 4.51. The molecule has 1 heterocycles. The zero-order chi connectivity index (χ0) is 9.84. The van der Waals surface area contributed by atoms with E-state index in [1.807, 2.05) is 20.8 Å². The van der Waals surface area contributed by atoms with Gasteiger partial charge in [0.15, 0.2) is 0 Å². The third-order valence-electron chi connectivity index (χ3n) is 2.19. The molecule has 1 rings (SSSR count). The summed E-state index contributed by atoms with van der Waals surface area (Å²) in [6.07, 6.45) is 1.68. The Labute approximate surface area is 78.8 Å². The molecule has 1 aliphatic rings. The van der Waals surface area contributed by atoms with Crippen LogP contribution in [0.3, 0.4) is 0 Å². The first-order valence-corrected chi connectivity index (χ1v) is 4.51. The molecule has 0 radical (unpaired) electrons. The van der Waals surface area contributed by atoms with Gasteiger partial charge in [-0.2, -0.15) is 0 Å². The highest BCUT2D eigenvalue weighted by Crippen LogP contribution is 2.10. The summed E-state index contributed by atoms with van der Waals surface area (Å²) >= 11 is 0. The van der Waals surface area contributed by atoms with Crippen LogP contribution in [-0.4, -0.2) is 30.1 Å². The van der Waals surface area contributed by atoms with Gasteiger partial charge < -0.3 is 15.7 Å². The zero-order valence-corrected chi connectivity index (χ0v) is 8.33. The highest BCUT2D eigenvalue weighted by molar-refractivity contribution is 5.60. The Morgan fingerprint density at radius 1 is 1.77 bits per heavy atom. The van der Waals surface area contributed by atoms with E-state index in [4.69, 9.17) is 5.11 Å². The topological polar surface area (TPSA) is 56.6 Å². The lowest BCUT2D eigenvalue weighted by Crippen LogP contribution is -2.38. The van der Waals surface area contributed by atoms with Gasteiger partial charge in [-0.3, -0.25) is 4.99 Å². The number of nitrogens with one attached hydrogen (secondary N) is 2. The van der Waals surface area contributed by atoms with Gasteiger partial charge in [0.2, 0.25) is 0 Å². The Morgan fingerprint density at radius 2 is 2.46 bits per heavy atom. The van der Waals surface area contributed by atoms with Crippen molar-refractivity contribution >= 4 is 6.34 Å². The lowest BCUT2D eigenvalue weighted by molar-refractivity contribution is 0.257. The standard InChI is InChI=1S/C9H17N3O/c1-6(4-13)12-9-7(2)8(3)10-5-11-9/h5-6,8,12-13H,4H2,1-3H3,(H,10,11)/t6-,8?/m1/s1. The second kappa shape index (κ2) is 4.28. The quantitative estimate of drug-likeness (QED) is 0.586. The molecular formula is C9H17N3O. The molecule has 74 valence electrons. The minimum Gasteiger partial charge on any atom is -0.394 e.